The Bertz CT molecular complexity index is 615. The number of carbonyl (C=O) groups is 1. The quantitative estimate of drug-likeness (QED) is 0.747. The van der Waals surface area contributed by atoms with Crippen LogP contribution in [0.1, 0.15) is 6.92 Å². The highest BCUT2D eigenvalue weighted by Gasteiger charge is 2.09. The summed E-state index contributed by atoms with van der Waals surface area (Å²) in [5, 5.41) is 21.0. The number of carbonyl (C=O) groups excluding carboxylic acids is 1. The Balaban J connectivity index is 1.75. The monoisotopic (exact) mass is 322 g/mol. The van der Waals surface area contributed by atoms with Gasteiger partial charge in [-0.1, -0.05) is 11.8 Å². The fourth-order valence-corrected chi connectivity index (χ4v) is 2.45. The Morgan fingerprint density at radius 1 is 1.45 bits per heavy atom. The number of thioether (sulfide) groups is 1. The largest absolute Gasteiger partial charge is 0.491 e. The van der Waals surface area contributed by atoms with E-state index in [1.165, 1.54) is 18.7 Å². The van der Waals surface area contributed by atoms with Crippen LogP contribution in [-0.2, 0) is 11.8 Å². The van der Waals surface area contributed by atoms with Crippen LogP contribution in [0.4, 0.5) is 5.69 Å². The number of nitrogens with zero attached hydrogens (tertiary/aromatic N) is 3. The molecule has 1 atom stereocenters. The van der Waals surface area contributed by atoms with Gasteiger partial charge in [0, 0.05) is 25.4 Å². The average molecular weight is 322 g/mol. The van der Waals surface area contributed by atoms with E-state index in [4.69, 9.17) is 4.74 Å². The molecule has 1 amide bonds. The molecule has 0 saturated carbocycles. The fourth-order valence-electron chi connectivity index (χ4n) is 1.65. The molecule has 2 rings (SSSR count). The number of aryl methyl sites for hydroxylation is 1. The van der Waals surface area contributed by atoms with Crippen LogP contribution in [-0.4, -0.2) is 44.2 Å². The minimum absolute atomic E-state index is 0.120. The first-order valence-corrected chi connectivity index (χ1v) is 7.68. The van der Waals surface area contributed by atoms with E-state index in [-0.39, 0.29) is 12.5 Å². The van der Waals surface area contributed by atoms with Crippen molar-refractivity contribution in [2.24, 2.45) is 7.05 Å². The minimum Gasteiger partial charge on any atom is -0.491 e. The van der Waals surface area contributed by atoms with Gasteiger partial charge in [-0.2, -0.15) is 0 Å². The van der Waals surface area contributed by atoms with Crippen molar-refractivity contribution in [2.45, 2.75) is 18.2 Å². The van der Waals surface area contributed by atoms with Crippen LogP contribution >= 0.6 is 11.8 Å². The number of anilines is 1. The number of aromatic nitrogens is 3. The van der Waals surface area contributed by atoms with Gasteiger partial charge in [0.15, 0.2) is 5.16 Å². The predicted molar refractivity (Wildman–Crippen MR) is 84.0 cm³/mol. The molecule has 0 saturated heterocycles. The summed E-state index contributed by atoms with van der Waals surface area (Å²) >= 11 is 1.42. The molecule has 1 heterocycles. The van der Waals surface area contributed by atoms with E-state index in [1.54, 1.807) is 35.2 Å². The Labute approximate surface area is 132 Å². The highest BCUT2D eigenvalue weighted by atomic mass is 32.2. The standard InChI is InChI=1S/C14H18N4O3S/c1-10(19)16-11-3-5-13(6-4-11)21-7-12(20)8-22-14-17-15-9-18(14)2/h3-6,9,12,20H,7-8H2,1-2H3,(H,16,19). The summed E-state index contributed by atoms with van der Waals surface area (Å²) in [5.74, 6) is 0.984. The summed E-state index contributed by atoms with van der Waals surface area (Å²) in [6.07, 6.45) is 0.999. The number of ether oxygens (including phenoxy) is 1. The number of hydrogen-bond acceptors (Lipinski definition) is 6. The first-order chi connectivity index (χ1) is 10.5. The molecule has 1 aromatic heterocycles. The van der Waals surface area contributed by atoms with Crippen LogP contribution in [0.3, 0.4) is 0 Å². The molecule has 22 heavy (non-hydrogen) atoms. The van der Waals surface area contributed by atoms with Gasteiger partial charge in [0.25, 0.3) is 0 Å². The molecule has 7 nitrogen and oxygen atoms in total. The smallest absolute Gasteiger partial charge is 0.221 e. The number of aliphatic hydroxyl groups excluding tert-OH is 1. The van der Waals surface area contributed by atoms with E-state index in [9.17, 15) is 9.90 Å². The average Bonchev–Trinajstić information content (AvgIpc) is 2.89. The lowest BCUT2D eigenvalue weighted by atomic mass is 10.3. The van der Waals surface area contributed by atoms with Gasteiger partial charge in [-0.25, -0.2) is 0 Å². The van der Waals surface area contributed by atoms with E-state index in [0.717, 1.165) is 5.16 Å². The van der Waals surface area contributed by atoms with Gasteiger partial charge < -0.3 is 19.7 Å². The zero-order valence-corrected chi connectivity index (χ0v) is 13.2. The van der Waals surface area contributed by atoms with E-state index in [2.05, 4.69) is 15.5 Å². The molecule has 0 aliphatic carbocycles. The molecule has 8 heteroatoms. The zero-order chi connectivity index (χ0) is 15.9. The number of benzene rings is 1. The van der Waals surface area contributed by atoms with Gasteiger partial charge in [0.05, 0.1) is 6.10 Å². The molecule has 1 aromatic carbocycles. The summed E-state index contributed by atoms with van der Waals surface area (Å²) in [6.45, 7) is 1.64. The van der Waals surface area contributed by atoms with E-state index >= 15 is 0 Å². The maximum atomic E-state index is 10.9. The summed E-state index contributed by atoms with van der Waals surface area (Å²) < 4.78 is 7.30. The van der Waals surface area contributed by atoms with Crippen LogP contribution in [0.25, 0.3) is 0 Å². The Kier molecular flexibility index (Phi) is 5.79. The van der Waals surface area contributed by atoms with Crippen molar-refractivity contribution >= 4 is 23.4 Å². The van der Waals surface area contributed by atoms with Crippen molar-refractivity contribution < 1.29 is 14.6 Å². The molecular formula is C14H18N4O3S. The molecule has 0 radical (unpaired) electrons. The van der Waals surface area contributed by atoms with Gasteiger partial charge in [0.1, 0.15) is 18.7 Å². The number of nitrogens with one attached hydrogen (secondary N) is 1. The SMILES string of the molecule is CC(=O)Nc1ccc(OCC(O)CSc2nncn2C)cc1. The van der Waals surface area contributed by atoms with Gasteiger partial charge in [-0.15, -0.1) is 10.2 Å². The first kappa shape index (κ1) is 16.3. The first-order valence-electron chi connectivity index (χ1n) is 6.70. The highest BCUT2D eigenvalue weighted by Crippen LogP contribution is 2.17. The molecular weight excluding hydrogens is 304 g/mol. The van der Waals surface area contributed by atoms with Gasteiger partial charge in [-0.05, 0) is 24.3 Å². The van der Waals surface area contributed by atoms with Crippen LogP contribution in [0.5, 0.6) is 5.75 Å². The molecule has 0 bridgehead atoms. The van der Waals surface area contributed by atoms with E-state index < -0.39 is 6.10 Å². The number of amides is 1. The third kappa shape index (κ3) is 5.05. The normalized spacial score (nSPS) is 12.0. The lowest BCUT2D eigenvalue weighted by molar-refractivity contribution is -0.114. The molecule has 2 N–H and O–H groups in total. The van der Waals surface area contributed by atoms with Crippen molar-refractivity contribution in [1.82, 2.24) is 14.8 Å². The van der Waals surface area contributed by atoms with Crippen LogP contribution in [0, 0.1) is 0 Å². The van der Waals surface area contributed by atoms with E-state index in [1.807, 2.05) is 7.05 Å². The number of aliphatic hydroxyl groups is 1. The molecule has 2 aromatic rings. The summed E-state index contributed by atoms with van der Waals surface area (Å²) in [5.41, 5.74) is 0.707. The zero-order valence-electron chi connectivity index (χ0n) is 12.4. The van der Waals surface area contributed by atoms with Crippen molar-refractivity contribution in [3.05, 3.63) is 30.6 Å². The molecule has 0 aliphatic heterocycles. The number of hydrogen-bond donors (Lipinski definition) is 2. The molecule has 0 fully saturated rings. The summed E-state index contributed by atoms with van der Waals surface area (Å²) in [7, 11) is 1.85. The molecule has 0 spiro atoms. The van der Waals surface area contributed by atoms with Crippen LogP contribution in [0.15, 0.2) is 35.7 Å². The third-order valence-corrected chi connectivity index (χ3v) is 3.87. The summed E-state index contributed by atoms with van der Waals surface area (Å²) in [4.78, 5) is 10.9. The minimum atomic E-state index is -0.614. The van der Waals surface area contributed by atoms with Crippen molar-refractivity contribution in [2.75, 3.05) is 17.7 Å². The summed E-state index contributed by atoms with van der Waals surface area (Å²) in [6, 6.07) is 6.98. The van der Waals surface area contributed by atoms with Gasteiger partial charge >= 0.3 is 0 Å². The predicted octanol–water partition coefficient (Wildman–Crippen LogP) is 1.31. The fraction of sp³-hybridized carbons (Fsp3) is 0.357. The Hall–Kier alpha value is -2.06. The second-order valence-corrected chi connectivity index (χ2v) is 5.69. The van der Waals surface area contributed by atoms with Crippen LogP contribution in [0.2, 0.25) is 0 Å². The van der Waals surface area contributed by atoms with Crippen molar-refractivity contribution in [1.29, 1.82) is 0 Å². The topological polar surface area (TPSA) is 89.3 Å². The van der Waals surface area contributed by atoms with Crippen molar-refractivity contribution in [3.63, 3.8) is 0 Å². The van der Waals surface area contributed by atoms with Gasteiger partial charge in [-0.3, -0.25) is 4.79 Å². The Morgan fingerprint density at radius 2 is 2.18 bits per heavy atom. The lowest BCUT2D eigenvalue weighted by Gasteiger charge is -2.12. The molecule has 1 unspecified atom stereocenters. The number of rotatable bonds is 7. The Morgan fingerprint density at radius 3 is 2.77 bits per heavy atom. The maximum absolute atomic E-state index is 10.9. The van der Waals surface area contributed by atoms with Crippen LogP contribution < -0.4 is 10.1 Å². The molecule has 0 aliphatic rings. The van der Waals surface area contributed by atoms with Gasteiger partial charge in [0.2, 0.25) is 5.91 Å². The van der Waals surface area contributed by atoms with E-state index in [0.29, 0.717) is 17.2 Å². The second kappa shape index (κ2) is 7.81. The third-order valence-electron chi connectivity index (χ3n) is 2.69. The van der Waals surface area contributed by atoms with Crippen molar-refractivity contribution in [3.8, 4) is 5.75 Å². The second-order valence-electron chi connectivity index (χ2n) is 4.71. The highest BCUT2D eigenvalue weighted by molar-refractivity contribution is 7.99. The maximum Gasteiger partial charge on any atom is 0.221 e. The molecule has 118 valence electrons. The lowest BCUT2D eigenvalue weighted by Crippen LogP contribution is -2.20.